The maximum atomic E-state index is 13.4. The molecule has 0 saturated carbocycles. The molecule has 1 saturated heterocycles. The fourth-order valence-corrected chi connectivity index (χ4v) is 4.86. The highest BCUT2D eigenvalue weighted by Gasteiger charge is 2.35. The van der Waals surface area contributed by atoms with E-state index in [0.29, 0.717) is 16.4 Å². The molecule has 0 unspecified atom stereocenters. The van der Waals surface area contributed by atoms with Gasteiger partial charge in [-0.2, -0.15) is 5.01 Å². The van der Waals surface area contributed by atoms with Gasteiger partial charge in [0.05, 0.1) is 10.8 Å². The summed E-state index contributed by atoms with van der Waals surface area (Å²) < 4.78 is 11.0. The van der Waals surface area contributed by atoms with Crippen molar-refractivity contribution >= 4 is 46.2 Å². The highest BCUT2D eigenvalue weighted by molar-refractivity contribution is 8.26. The molecule has 3 aromatic carbocycles. The number of hydrogen-bond donors (Lipinski definition) is 1. The number of nitrogens with one attached hydrogen (secondary N) is 1. The summed E-state index contributed by atoms with van der Waals surface area (Å²) in [5.74, 6) is -0.0141. The monoisotopic (exact) mass is 474 g/mol. The number of rotatable bonds is 5. The fraction of sp³-hybridized carbons (Fsp3) is 0.0800. The van der Waals surface area contributed by atoms with Gasteiger partial charge in [0, 0.05) is 0 Å². The predicted molar refractivity (Wildman–Crippen MR) is 130 cm³/mol. The van der Waals surface area contributed by atoms with Crippen LogP contribution in [-0.2, 0) is 9.59 Å². The molecule has 5 rings (SSSR count). The van der Waals surface area contributed by atoms with E-state index in [1.54, 1.807) is 18.2 Å². The third kappa shape index (κ3) is 4.35. The summed E-state index contributed by atoms with van der Waals surface area (Å²) >= 11 is 6.53. The third-order valence-corrected chi connectivity index (χ3v) is 6.54. The first-order valence-electron chi connectivity index (χ1n) is 10.2. The van der Waals surface area contributed by atoms with Gasteiger partial charge >= 0.3 is 0 Å². The predicted octanol–water partition coefficient (Wildman–Crippen LogP) is 4.48. The second-order valence-electron chi connectivity index (χ2n) is 7.36. The number of amides is 2. The maximum absolute atomic E-state index is 13.4. The van der Waals surface area contributed by atoms with Crippen molar-refractivity contribution in [2.75, 3.05) is 6.79 Å². The van der Waals surface area contributed by atoms with Gasteiger partial charge in [0.2, 0.25) is 6.79 Å². The van der Waals surface area contributed by atoms with Crippen molar-refractivity contribution in [1.29, 1.82) is 0 Å². The molecular formula is C25H18N2O4S2. The van der Waals surface area contributed by atoms with Gasteiger partial charge < -0.3 is 9.47 Å². The lowest BCUT2D eigenvalue weighted by Crippen LogP contribution is -2.46. The maximum Gasteiger partial charge on any atom is 0.285 e. The van der Waals surface area contributed by atoms with E-state index in [-0.39, 0.29) is 22.9 Å². The molecular weight excluding hydrogens is 456 g/mol. The van der Waals surface area contributed by atoms with Crippen LogP contribution >= 0.6 is 24.0 Å². The number of benzene rings is 3. The summed E-state index contributed by atoms with van der Waals surface area (Å²) in [4.78, 5) is 26.8. The molecule has 0 radical (unpaired) electrons. The molecule has 6 nitrogen and oxygen atoms in total. The van der Waals surface area contributed by atoms with Crippen LogP contribution < -0.4 is 14.9 Å². The minimum absolute atomic E-state index is 0.178. The van der Waals surface area contributed by atoms with Crippen molar-refractivity contribution in [3.8, 4) is 11.5 Å². The smallest absolute Gasteiger partial charge is 0.285 e. The summed E-state index contributed by atoms with van der Waals surface area (Å²) in [7, 11) is 0. The number of hydrazine groups is 1. The first-order chi connectivity index (χ1) is 16.1. The zero-order valence-corrected chi connectivity index (χ0v) is 18.9. The molecule has 33 heavy (non-hydrogen) atoms. The molecule has 0 atom stereocenters. The van der Waals surface area contributed by atoms with Crippen molar-refractivity contribution in [1.82, 2.24) is 10.4 Å². The van der Waals surface area contributed by atoms with Crippen molar-refractivity contribution in [2.45, 2.75) is 5.92 Å². The second-order valence-corrected chi connectivity index (χ2v) is 9.04. The van der Waals surface area contributed by atoms with Crippen LogP contribution in [0.25, 0.3) is 6.08 Å². The van der Waals surface area contributed by atoms with Crippen LogP contribution in [0.4, 0.5) is 0 Å². The SMILES string of the molecule is O=C(NN1C(=O)/C(=C/c2ccc3c(c2)OCO3)SC1=S)C(c1ccccc1)c1ccccc1. The lowest BCUT2D eigenvalue weighted by Gasteiger charge is -2.22. The Kier molecular flexibility index (Phi) is 5.85. The second kappa shape index (κ2) is 9.09. The van der Waals surface area contributed by atoms with Crippen molar-refractivity contribution < 1.29 is 19.1 Å². The molecule has 1 fully saturated rings. The number of carbonyl (C=O) groups excluding carboxylic acids is 2. The first kappa shape index (κ1) is 21.2. The molecule has 3 aromatic rings. The molecule has 2 aliphatic heterocycles. The van der Waals surface area contributed by atoms with Crippen molar-refractivity contribution in [3.63, 3.8) is 0 Å². The van der Waals surface area contributed by atoms with Crippen molar-refractivity contribution in [2.24, 2.45) is 0 Å². The topological polar surface area (TPSA) is 67.9 Å². The van der Waals surface area contributed by atoms with Crippen LogP contribution in [0.15, 0.2) is 83.8 Å². The number of nitrogens with zero attached hydrogens (tertiary/aromatic N) is 1. The van der Waals surface area contributed by atoms with Crippen LogP contribution in [0.1, 0.15) is 22.6 Å². The summed E-state index contributed by atoms with van der Waals surface area (Å²) in [6, 6.07) is 24.3. The largest absolute Gasteiger partial charge is 0.454 e. The van der Waals surface area contributed by atoms with E-state index in [1.165, 1.54) is 0 Å². The quantitative estimate of drug-likeness (QED) is 0.435. The van der Waals surface area contributed by atoms with Crippen LogP contribution in [0, 0.1) is 0 Å². The Bertz CT molecular complexity index is 1220. The third-order valence-electron chi connectivity index (χ3n) is 5.24. The van der Waals surface area contributed by atoms with Crippen LogP contribution in [-0.4, -0.2) is 27.9 Å². The van der Waals surface area contributed by atoms with Crippen molar-refractivity contribution in [3.05, 3.63) is 100 Å². The van der Waals surface area contributed by atoms with Gasteiger partial charge in [-0.15, -0.1) is 0 Å². The van der Waals surface area contributed by atoms with Gasteiger partial charge in [-0.3, -0.25) is 15.0 Å². The Labute approximate surface area is 200 Å². The van der Waals surface area contributed by atoms with Gasteiger partial charge in [-0.1, -0.05) is 78.5 Å². The van der Waals surface area contributed by atoms with Gasteiger partial charge in [-0.25, -0.2) is 0 Å². The average molecular weight is 475 g/mol. The van der Waals surface area contributed by atoms with E-state index >= 15 is 0 Å². The molecule has 0 bridgehead atoms. The zero-order valence-electron chi connectivity index (χ0n) is 17.3. The van der Waals surface area contributed by atoms with Crippen LogP contribution in [0.3, 0.4) is 0 Å². The average Bonchev–Trinajstić information content (AvgIpc) is 3.40. The zero-order chi connectivity index (χ0) is 22.8. The molecule has 2 aliphatic rings. The molecule has 0 aromatic heterocycles. The lowest BCUT2D eigenvalue weighted by atomic mass is 9.91. The van der Waals surface area contributed by atoms with Gasteiger partial charge in [0.1, 0.15) is 0 Å². The summed E-state index contributed by atoms with van der Waals surface area (Å²) in [6.07, 6.45) is 1.72. The van der Waals surface area contributed by atoms with E-state index < -0.39 is 5.92 Å². The number of fused-ring (bicyclic) bond motifs is 1. The van der Waals surface area contributed by atoms with Gasteiger partial charge in [0.25, 0.3) is 11.8 Å². The Balaban J connectivity index is 1.38. The first-order valence-corrected chi connectivity index (χ1v) is 11.4. The van der Waals surface area contributed by atoms with E-state index in [4.69, 9.17) is 21.7 Å². The molecule has 164 valence electrons. The number of ether oxygens (including phenoxy) is 2. The number of thioether (sulfide) groups is 1. The number of carbonyl (C=O) groups is 2. The Morgan fingerprint density at radius 1 is 0.970 bits per heavy atom. The summed E-state index contributed by atoms with van der Waals surface area (Å²) in [6.45, 7) is 0.178. The minimum atomic E-state index is -0.588. The normalized spacial score (nSPS) is 16.0. The molecule has 2 amide bonds. The lowest BCUT2D eigenvalue weighted by molar-refractivity contribution is -0.133. The fourth-order valence-electron chi connectivity index (χ4n) is 3.68. The standard InChI is InChI=1S/C25H18N2O4S2/c28-23(22(17-7-3-1-4-8-17)18-9-5-2-6-10-18)26-27-24(29)21(33-25(27)32)14-16-11-12-19-20(13-16)31-15-30-19/h1-14,22H,15H2,(H,26,28)/b21-14-. The van der Waals surface area contributed by atoms with E-state index in [0.717, 1.165) is 33.5 Å². The Morgan fingerprint density at radius 3 is 2.27 bits per heavy atom. The van der Waals surface area contributed by atoms with Crippen LogP contribution in [0.2, 0.25) is 0 Å². The van der Waals surface area contributed by atoms with Gasteiger partial charge in [-0.05, 0) is 47.1 Å². The summed E-state index contributed by atoms with van der Waals surface area (Å²) in [5.41, 5.74) is 5.15. The molecule has 8 heteroatoms. The minimum Gasteiger partial charge on any atom is -0.454 e. The highest BCUT2D eigenvalue weighted by Crippen LogP contribution is 2.36. The molecule has 0 aliphatic carbocycles. The number of hydrogen-bond acceptors (Lipinski definition) is 6. The van der Waals surface area contributed by atoms with E-state index in [2.05, 4.69) is 5.43 Å². The van der Waals surface area contributed by atoms with E-state index in [9.17, 15) is 9.59 Å². The molecule has 2 heterocycles. The Morgan fingerprint density at radius 2 is 1.61 bits per heavy atom. The Hall–Kier alpha value is -3.62. The summed E-state index contributed by atoms with van der Waals surface area (Å²) in [5, 5.41) is 1.14. The number of thiocarbonyl (C=S) groups is 1. The van der Waals surface area contributed by atoms with Gasteiger partial charge in [0.15, 0.2) is 15.8 Å². The van der Waals surface area contributed by atoms with Crippen LogP contribution in [0.5, 0.6) is 11.5 Å². The highest BCUT2D eigenvalue weighted by atomic mass is 32.2. The van der Waals surface area contributed by atoms with E-state index in [1.807, 2.05) is 66.7 Å². The molecule has 0 spiro atoms. The molecule has 1 N–H and O–H groups in total.